The van der Waals surface area contributed by atoms with Crippen molar-refractivity contribution >= 4 is 34.9 Å². The average Bonchev–Trinajstić information content (AvgIpc) is 3.43. The predicted octanol–water partition coefficient (Wildman–Crippen LogP) is 3.19. The molecule has 1 atom stereocenters. The van der Waals surface area contributed by atoms with Crippen LogP contribution in [0.4, 0.5) is 10.5 Å². The maximum absolute atomic E-state index is 12.8. The molecule has 1 aromatic carbocycles. The van der Waals surface area contributed by atoms with Gasteiger partial charge in [-0.1, -0.05) is 17.7 Å². The monoisotopic (exact) mass is 424 g/mol. The van der Waals surface area contributed by atoms with Crippen molar-refractivity contribution < 1.29 is 18.8 Å². The van der Waals surface area contributed by atoms with Gasteiger partial charge >= 0.3 is 6.03 Å². The summed E-state index contributed by atoms with van der Waals surface area (Å²) in [6, 6.07) is 10.3. The average molecular weight is 424 g/mol. The third kappa shape index (κ3) is 3.84. The zero-order valence-electron chi connectivity index (χ0n) is 16.5. The number of nitrogens with one attached hydrogen (secondary N) is 2. The number of carbonyl (C=O) groups is 3. The number of anilines is 1. The van der Waals surface area contributed by atoms with E-state index in [1.54, 1.807) is 24.4 Å². The third-order valence-electron chi connectivity index (χ3n) is 4.86. The van der Waals surface area contributed by atoms with Crippen molar-refractivity contribution in [1.82, 2.24) is 15.2 Å². The molecule has 154 valence electrons. The van der Waals surface area contributed by atoms with Gasteiger partial charge in [0, 0.05) is 11.1 Å². The fourth-order valence-electron chi connectivity index (χ4n) is 3.21. The Kier molecular flexibility index (Phi) is 5.13. The number of benzene rings is 1. The highest BCUT2D eigenvalue weighted by molar-refractivity contribution is 7.09. The molecule has 0 bridgehead atoms. The lowest BCUT2D eigenvalue weighted by molar-refractivity contribution is -0.132. The van der Waals surface area contributed by atoms with E-state index in [4.69, 9.17) is 4.42 Å². The molecule has 0 saturated carbocycles. The molecule has 30 heavy (non-hydrogen) atoms. The molecule has 0 spiro atoms. The van der Waals surface area contributed by atoms with Crippen LogP contribution in [0.15, 0.2) is 52.5 Å². The van der Waals surface area contributed by atoms with Crippen molar-refractivity contribution in [3.63, 3.8) is 0 Å². The number of imide groups is 1. The standard InChI is InChI=1S/C21H20N4O4S/c1-13-5-7-14(8-6-13)22-17(26)10-18-23-15(12-30-18)11-25-19(27)21(2,24-20(25)28)16-4-3-9-29-16/h3-9,12H,10-11H2,1-2H3,(H,22,26)(H,24,28). The summed E-state index contributed by atoms with van der Waals surface area (Å²) in [7, 11) is 0. The zero-order chi connectivity index (χ0) is 21.3. The number of thiazole rings is 1. The lowest BCUT2D eigenvalue weighted by Crippen LogP contribution is -2.40. The van der Waals surface area contributed by atoms with Gasteiger partial charge in [-0.3, -0.25) is 14.5 Å². The van der Waals surface area contributed by atoms with Crippen molar-refractivity contribution in [2.75, 3.05) is 5.32 Å². The summed E-state index contributed by atoms with van der Waals surface area (Å²) < 4.78 is 5.32. The van der Waals surface area contributed by atoms with Gasteiger partial charge in [0.05, 0.1) is 24.9 Å². The third-order valence-corrected chi connectivity index (χ3v) is 5.75. The van der Waals surface area contributed by atoms with Crippen LogP contribution in [-0.4, -0.2) is 27.7 Å². The molecule has 2 aromatic heterocycles. The fourth-order valence-corrected chi connectivity index (χ4v) is 4.00. The molecular weight excluding hydrogens is 404 g/mol. The first-order valence-corrected chi connectivity index (χ1v) is 10.2. The molecule has 3 heterocycles. The SMILES string of the molecule is Cc1ccc(NC(=O)Cc2nc(CN3C(=O)NC(C)(c4ccco4)C3=O)cs2)cc1. The van der Waals surface area contributed by atoms with Crippen LogP contribution in [0.5, 0.6) is 0 Å². The Morgan fingerprint density at radius 1 is 1.27 bits per heavy atom. The van der Waals surface area contributed by atoms with E-state index < -0.39 is 17.5 Å². The van der Waals surface area contributed by atoms with Crippen LogP contribution in [-0.2, 0) is 28.1 Å². The van der Waals surface area contributed by atoms with Gasteiger partial charge in [0.1, 0.15) is 10.8 Å². The van der Waals surface area contributed by atoms with Crippen molar-refractivity contribution in [2.45, 2.75) is 32.4 Å². The van der Waals surface area contributed by atoms with Crippen molar-refractivity contribution in [3.05, 3.63) is 70.1 Å². The molecule has 2 N–H and O–H groups in total. The van der Waals surface area contributed by atoms with Crippen molar-refractivity contribution in [2.24, 2.45) is 0 Å². The number of furan rings is 1. The first-order valence-electron chi connectivity index (χ1n) is 9.33. The largest absolute Gasteiger partial charge is 0.466 e. The second-order valence-electron chi connectivity index (χ2n) is 7.25. The number of hydrogen-bond acceptors (Lipinski definition) is 6. The molecule has 1 aliphatic heterocycles. The molecule has 1 aliphatic rings. The van der Waals surface area contributed by atoms with Gasteiger partial charge in [-0.05, 0) is 38.1 Å². The molecule has 1 fully saturated rings. The number of nitrogens with zero attached hydrogens (tertiary/aromatic N) is 2. The van der Waals surface area contributed by atoms with Crippen LogP contribution in [0.25, 0.3) is 0 Å². The summed E-state index contributed by atoms with van der Waals surface area (Å²) in [5.74, 6) is -0.218. The molecule has 4 rings (SSSR count). The quantitative estimate of drug-likeness (QED) is 0.592. The van der Waals surface area contributed by atoms with Gasteiger partial charge in [-0.15, -0.1) is 11.3 Å². The summed E-state index contributed by atoms with van der Waals surface area (Å²) in [6.45, 7) is 3.61. The van der Waals surface area contributed by atoms with E-state index in [1.165, 1.54) is 17.6 Å². The highest BCUT2D eigenvalue weighted by atomic mass is 32.1. The van der Waals surface area contributed by atoms with Gasteiger partial charge in [0.2, 0.25) is 5.91 Å². The summed E-state index contributed by atoms with van der Waals surface area (Å²) in [5.41, 5.74) is 1.14. The molecule has 3 aromatic rings. The van der Waals surface area contributed by atoms with Crippen LogP contribution < -0.4 is 10.6 Å². The number of rotatable bonds is 6. The molecule has 1 saturated heterocycles. The van der Waals surface area contributed by atoms with Crippen LogP contribution in [0.1, 0.15) is 28.9 Å². The zero-order valence-corrected chi connectivity index (χ0v) is 17.3. The number of aromatic nitrogens is 1. The second kappa shape index (κ2) is 7.75. The van der Waals surface area contributed by atoms with Crippen LogP contribution >= 0.6 is 11.3 Å². The number of hydrogen-bond donors (Lipinski definition) is 2. The highest BCUT2D eigenvalue weighted by Crippen LogP contribution is 2.30. The Balaban J connectivity index is 1.39. The Hall–Kier alpha value is -3.46. The Morgan fingerprint density at radius 3 is 2.73 bits per heavy atom. The minimum Gasteiger partial charge on any atom is -0.466 e. The number of aryl methyl sites for hydroxylation is 1. The first-order chi connectivity index (χ1) is 14.3. The van der Waals surface area contributed by atoms with E-state index >= 15 is 0 Å². The Morgan fingerprint density at radius 2 is 2.03 bits per heavy atom. The maximum atomic E-state index is 12.8. The van der Waals surface area contributed by atoms with Gasteiger partial charge in [-0.25, -0.2) is 9.78 Å². The normalized spacial score (nSPS) is 18.5. The molecule has 0 radical (unpaired) electrons. The molecule has 8 nitrogen and oxygen atoms in total. The smallest absolute Gasteiger partial charge is 0.325 e. The number of amides is 4. The van der Waals surface area contributed by atoms with E-state index in [2.05, 4.69) is 15.6 Å². The minimum absolute atomic E-state index is 0.0248. The second-order valence-corrected chi connectivity index (χ2v) is 8.19. The highest BCUT2D eigenvalue weighted by Gasteiger charge is 2.51. The summed E-state index contributed by atoms with van der Waals surface area (Å²) in [5, 5.41) is 7.86. The van der Waals surface area contributed by atoms with E-state index in [9.17, 15) is 14.4 Å². The topological polar surface area (TPSA) is 105 Å². The minimum atomic E-state index is -1.24. The molecule has 0 aliphatic carbocycles. The van der Waals surface area contributed by atoms with Crippen LogP contribution in [0.2, 0.25) is 0 Å². The Labute approximate surface area is 176 Å². The lowest BCUT2D eigenvalue weighted by atomic mass is 9.99. The predicted molar refractivity (Wildman–Crippen MR) is 111 cm³/mol. The summed E-state index contributed by atoms with van der Waals surface area (Å²) >= 11 is 1.31. The van der Waals surface area contributed by atoms with Crippen molar-refractivity contribution in [3.8, 4) is 0 Å². The maximum Gasteiger partial charge on any atom is 0.325 e. The lowest BCUT2D eigenvalue weighted by Gasteiger charge is -2.18. The van der Waals surface area contributed by atoms with E-state index in [0.717, 1.165) is 16.2 Å². The van der Waals surface area contributed by atoms with Crippen molar-refractivity contribution in [1.29, 1.82) is 0 Å². The van der Waals surface area contributed by atoms with Crippen LogP contribution in [0.3, 0.4) is 0 Å². The molecule has 1 unspecified atom stereocenters. The molecule has 9 heteroatoms. The van der Waals surface area contributed by atoms with Gasteiger partial charge < -0.3 is 15.1 Å². The first kappa shape index (κ1) is 19.8. The van der Waals surface area contributed by atoms with E-state index in [1.807, 2.05) is 31.2 Å². The summed E-state index contributed by atoms with van der Waals surface area (Å²) in [4.78, 5) is 43.0. The number of urea groups is 1. The van der Waals surface area contributed by atoms with Gasteiger partial charge in [-0.2, -0.15) is 0 Å². The van der Waals surface area contributed by atoms with E-state index in [-0.39, 0.29) is 18.9 Å². The summed E-state index contributed by atoms with van der Waals surface area (Å²) in [6.07, 6.45) is 1.57. The number of carbonyl (C=O) groups excluding carboxylic acids is 3. The molecule has 4 amide bonds. The fraction of sp³-hybridized carbons (Fsp3) is 0.238. The van der Waals surface area contributed by atoms with Gasteiger partial charge in [0.15, 0.2) is 5.54 Å². The molecular formula is C21H20N4O4S. The van der Waals surface area contributed by atoms with Gasteiger partial charge in [0.25, 0.3) is 5.91 Å². The van der Waals surface area contributed by atoms with E-state index in [0.29, 0.717) is 16.5 Å². The van der Waals surface area contributed by atoms with Crippen LogP contribution in [0, 0.1) is 6.92 Å². The Bertz CT molecular complexity index is 1090.